The molecule has 1 fully saturated rings. The predicted octanol–water partition coefficient (Wildman–Crippen LogP) is 1.76. The fourth-order valence-electron chi connectivity index (χ4n) is 3.04. The van der Waals surface area contributed by atoms with Crippen molar-refractivity contribution in [3.05, 3.63) is 35.9 Å². The number of carbonyl (C=O) groups excluding carboxylic acids is 2. The smallest absolute Gasteiger partial charge is 0.242 e. The Labute approximate surface area is 138 Å². The first kappa shape index (κ1) is 17.5. The molecule has 1 aliphatic rings. The van der Waals surface area contributed by atoms with Gasteiger partial charge in [-0.3, -0.25) is 9.59 Å². The molecule has 0 aliphatic heterocycles. The van der Waals surface area contributed by atoms with Gasteiger partial charge in [0.15, 0.2) is 0 Å². The van der Waals surface area contributed by atoms with Crippen LogP contribution in [0.4, 0.5) is 0 Å². The standard InChI is InChI=1S/C18H26N2O3/c1-23-12-11-20(16-9-5-6-10-16)18(22)14-19-17(21)13-15-7-3-2-4-8-15/h2-4,7-8,16H,5-6,9-14H2,1H3,(H,19,21). The number of benzene rings is 1. The fourth-order valence-corrected chi connectivity index (χ4v) is 3.04. The van der Waals surface area contributed by atoms with Gasteiger partial charge in [0.1, 0.15) is 0 Å². The summed E-state index contributed by atoms with van der Waals surface area (Å²) in [7, 11) is 1.64. The highest BCUT2D eigenvalue weighted by atomic mass is 16.5. The van der Waals surface area contributed by atoms with Crippen molar-refractivity contribution < 1.29 is 14.3 Å². The normalized spacial score (nSPS) is 14.7. The van der Waals surface area contributed by atoms with Crippen LogP contribution in [0.5, 0.6) is 0 Å². The van der Waals surface area contributed by atoms with E-state index in [0.29, 0.717) is 25.6 Å². The Morgan fingerprint density at radius 3 is 2.57 bits per heavy atom. The van der Waals surface area contributed by atoms with Crippen LogP contribution in [-0.2, 0) is 20.7 Å². The summed E-state index contributed by atoms with van der Waals surface area (Å²) >= 11 is 0. The van der Waals surface area contributed by atoms with Crippen molar-refractivity contribution in [1.82, 2.24) is 10.2 Å². The van der Waals surface area contributed by atoms with Crippen molar-refractivity contribution in [2.45, 2.75) is 38.1 Å². The van der Waals surface area contributed by atoms with E-state index in [1.165, 1.54) is 12.8 Å². The van der Waals surface area contributed by atoms with Crippen LogP contribution in [0, 0.1) is 0 Å². The van der Waals surface area contributed by atoms with E-state index >= 15 is 0 Å². The predicted molar refractivity (Wildman–Crippen MR) is 89.0 cm³/mol. The molecule has 0 saturated heterocycles. The van der Waals surface area contributed by atoms with Crippen molar-refractivity contribution in [3.63, 3.8) is 0 Å². The molecule has 5 heteroatoms. The Bertz CT molecular complexity index is 498. The van der Waals surface area contributed by atoms with Crippen LogP contribution in [0.3, 0.4) is 0 Å². The zero-order valence-corrected chi connectivity index (χ0v) is 13.8. The zero-order valence-electron chi connectivity index (χ0n) is 13.8. The summed E-state index contributed by atoms with van der Waals surface area (Å²) in [6, 6.07) is 9.83. The van der Waals surface area contributed by atoms with Gasteiger partial charge in [0.2, 0.25) is 11.8 Å². The summed E-state index contributed by atoms with van der Waals surface area (Å²) in [5, 5.41) is 2.74. The SMILES string of the molecule is COCCN(C(=O)CNC(=O)Cc1ccccc1)C1CCCC1. The Balaban J connectivity index is 1.81. The van der Waals surface area contributed by atoms with E-state index in [9.17, 15) is 9.59 Å². The quantitative estimate of drug-likeness (QED) is 0.794. The van der Waals surface area contributed by atoms with E-state index in [0.717, 1.165) is 18.4 Å². The lowest BCUT2D eigenvalue weighted by Crippen LogP contribution is -2.46. The molecule has 1 saturated carbocycles. The molecule has 1 N–H and O–H groups in total. The Hall–Kier alpha value is -1.88. The molecule has 2 amide bonds. The Kier molecular flexibility index (Phi) is 7.07. The van der Waals surface area contributed by atoms with E-state index in [4.69, 9.17) is 4.74 Å². The molecule has 0 bridgehead atoms. The fraction of sp³-hybridized carbons (Fsp3) is 0.556. The first-order valence-corrected chi connectivity index (χ1v) is 8.29. The Morgan fingerprint density at radius 1 is 1.22 bits per heavy atom. The van der Waals surface area contributed by atoms with Crippen LogP contribution in [-0.4, -0.2) is 49.6 Å². The second-order valence-corrected chi connectivity index (χ2v) is 5.96. The number of carbonyl (C=O) groups is 2. The molecule has 1 aromatic carbocycles. The summed E-state index contributed by atoms with van der Waals surface area (Å²) in [5.74, 6) is -0.141. The molecule has 0 heterocycles. The lowest BCUT2D eigenvalue weighted by molar-refractivity contribution is -0.135. The number of hydrogen-bond donors (Lipinski definition) is 1. The lowest BCUT2D eigenvalue weighted by atomic mass is 10.1. The first-order chi connectivity index (χ1) is 11.2. The molecule has 0 atom stereocenters. The number of rotatable bonds is 8. The maximum atomic E-state index is 12.4. The van der Waals surface area contributed by atoms with Crippen molar-refractivity contribution in [3.8, 4) is 0 Å². The van der Waals surface area contributed by atoms with E-state index < -0.39 is 0 Å². The van der Waals surface area contributed by atoms with Gasteiger partial charge in [-0.2, -0.15) is 0 Å². The number of ether oxygens (including phenoxy) is 1. The highest BCUT2D eigenvalue weighted by Gasteiger charge is 2.26. The second-order valence-electron chi connectivity index (χ2n) is 5.96. The molecule has 2 rings (SSSR count). The number of nitrogens with zero attached hydrogens (tertiary/aromatic N) is 1. The molecule has 1 aliphatic carbocycles. The minimum atomic E-state index is -0.123. The maximum Gasteiger partial charge on any atom is 0.242 e. The average Bonchev–Trinajstić information content (AvgIpc) is 3.08. The molecule has 126 valence electrons. The van der Waals surface area contributed by atoms with Gasteiger partial charge >= 0.3 is 0 Å². The van der Waals surface area contributed by atoms with Crippen LogP contribution in [0.25, 0.3) is 0 Å². The van der Waals surface area contributed by atoms with E-state index in [1.54, 1.807) is 7.11 Å². The van der Waals surface area contributed by atoms with E-state index in [1.807, 2.05) is 35.2 Å². The number of methoxy groups -OCH3 is 1. The molecular formula is C18H26N2O3. The molecular weight excluding hydrogens is 292 g/mol. The maximum absolute atomic E-state index is 12.4. The summed E-state index contributed by atoms with van der Waals surface area (Å²) in [6.45, 7) is 1.18. The number of amides is 2. The van der Waals surface area contributed by atoms with Crippen LogP contribution < -0.4 is 5.32 Å². The van der Waals surface area contributed by atoms with Gasteiger partial charge in [-0.05, 0) is 18.4 Å². The third-order valence-electron chi connectivity index (χ3n) is 4.27. The molecule has 0 unspecified atom stereocenters. The van der Waals surface area contributed by atoms with Gasteiger partial charge in [0.25, 0.3) is 0 Å². The van der Waals surface area contributed by atoms with E-state index in [2.05, 4.69) is 5.32 Å². The van der Waals surface area contributed by atoms with Gasteiger partial charge in [0.05, 0.1) is 19.6 Å². The van der Waals surface area contributed by atoms with Gasteiger partial charge in [-0.15, -0.1) is 0 Å². The van der Waals surface area contributed by atoms with Crippen LogP contribution >= 0.6 is 0 Å². The highest BCUT2D eigenvalue weighted by molar-refractivity contribution is 5.85. The first-order valence-electron chi connectivity index (χ1n) is 8.29. The molecule has 0 radical (unpaired) electrons. The molecule has 0 aromatic heterocycles. The zero-order chi connectivity index (χ0) is 16.5. The average molecular weight is 318 g/mol. The van der Waals surface area contributed by atoms with Crippen molar-refractivity contribution >= 4 is 11.8 Å². The second kappa shape index (κ2) is 9.30. The third-order valence-corrected chi connectivity index (χ3v) is 4.27. The van der Waals surface area contributed by atoms with Gasteiger partial charge in [-0.25, -0.2) is 0 Å². The van der Waals surface area contributed by atoms with Crippen LogP contribution in [0.15, 0.2) is 30.3 Å². The molecule has 0 spiro atoms. The minimum absolute atomic E-state index is 0.0182. The lowest BCUT2D eigenvalue weighted by Gasteiger charge is -2.29. The van der Waals surface area contributed by atoms with Gasteiger partial charge in [0, 0.05) is 19.7 Å². The van der Waals surface area contributed by atoms with Crippen molar-refractivity contribution in [2.24, 2.45) is 0 Å². The monoisotopic (exact) mass is 318 g/mol. The van der Waals surface area contributed by atoms with Gasteiger partial charge in [-0.1, -0.05) is 43.2 Å². The molecule has 1 aromatic rings. The largest absolute Gasteiger partial charge is 0.383 e. The molecule has 23 heavy (non-hydrogen) atoms. The van der Waals surface area contributed by atoms with Gasteiger partial charge < -0.3 is 15.0 Å². The summed E-state index contributed by atoms with van der Waals surface area (Å²) in [6.07, 6.45) is 4.74. The van der Waals surface area contributed by atoms with E-state index in [-0.39, 0.29) is 18.4 Å². The summed E-state index contributed by atoms with van der Waals surface area (Å²) in [5.41, 5.74) is 0.949. The summed E-state index contributed by atoms with van der Waals surface area (Å²) < 4.78 is 5.11. The number of hydrogen-bond acceptors (Lipinski definition) is 3. The minimum Gasteiger partial charge on any atom is -0.383 e. The topological polar surface area (TPSA) is 58.6 Å². The van der Waals surface area contributed by atoms with Crippen LogP contribution in [0.1, 0.15) is 31.2 Å². The molecule has 5 nitrogen and oxygen atoms in total. The van der Waals surface area contributed by atoms with Crippen LogP contribution in [0.2, 0.25) is 0 Å². The highest BCUT2D eigenvalue weighted by Crippen LogP contribution is 2.23. The summed E-state index contributed by atoms with van der Waals surface area (Å²) in [4.78, 5) is 26.3. The van der Waals surface area contributed by atoms with Crippen molar-refractivity contribution in [1.29, 1.82) is 0 Å². The third kappa shape index (κ3) is 5.67. The van der Waals surface area contributed by atoms with Crippen molar-refractivity contribution in [2.75, 3.05) is 26.8 Å². The Morgan fingerprint density at radius 2 is 1.91 bits per heavy atom. The number of nitrogens with one attached hydrogen (secondary N) is 1.